The molecule has 1 saturated heterocycles. The summed E-state index contributed by atoms with van der Waals surface area (Å²) in [6.45, 7) is 4.74. The third-order valence-electron chi connectivity index (χ3n) is 6.15. The molecule has 2 aromatic carbocycles. The Morgan fingerprint density at radius 2 is 2.06 bits per heavy atom. The summed E-state index contributed by atoms with van der Waals surface area (Å²) >= 11 is 3.51. The van der Waals surface area contributed by atoms with E-state index in [4.69, 9.17) is 9.97 Å². The molecule has 0 aliphatic carbocycles. The van der Waals surface area contributed by atoms with E-state index in [0.717, 1.165) is 36.2 Å². The summed E-state index contributed by atoms with van der Waals surface area (Å²) in [5.74, 6) is 1.37. The lowest BCUT2D eigenvalue weighted by atomic mass is 10.2. The van der Waals surface area contributed by atoms with E-state index in [0.29, 0.717) is 40.6 Å². The van der Waals surface area contributed by atoms with Crippen molar-refractivity contribution in [1.29, 1.82) is 0 Å². The van der Waals surface area contributed by atoms with Gasteiger partial charge in [-0.2, -0.15) is 4.98 Å². The number of rotatable bonds is 6. The highest BCUT2D eigenvalue weighted by Gasteiger charge is 2.32. The molecule has 0 bridgehead atoms. The summed E-state index contributed by atoms with van der Waals surface area (Å²) in [6, 6.07) is 15.0. The number of nitrogens with zero attached hydrogens (tertiary/aromatic N) is 4. The van der Waals surface area contributed by atoms with Crippen molar-refractivity contribution < 1.29 is 8.60 Å². The molecule has 0 amide bonds. The number of nitrogens with one attached hydrogen (secondary N) is 1. The third kappa shape index (κ3) is 4.61. The van der Waals surface area contributed by atoms with E-state index < -0.39 is 10.8 Å². The van der Waals surface area contributed by atoms with Gasteiger partial charge in [0.25, 0.3) is 0 Å². The monoisotopic (exact) mass is 529 g/mol. The number of aromatic nitrogens is 2. The van der Waals surface area contributed by atoms with Crippen LogP contribution in [-0.2, 0) is 17.2 Å². The van der Waals surface area contributed by atoms with Crippen molar-refractivity contribution in [3.8, 4) is 0 Å². The molecular formula is C24H25BrFN5OS. The molecule has 0 saturated carbocycles. The van der Waals surface area contributed by atoms with Gasteiger partial charge in [0.15, 0.2) is 5.82 Å². The van der Waals surface area contributed by atoms with Crippen LogP contribution in [0.15, 0.2) is 57.9 Å². The number of halogens is 2. The molecule has 0 spiro atoms. The van der Waals surface area contributed by atoms with Gasteiger partial charge in [0, 0.05) is 53.7 Å². The van der Waals surface area contributed by atoms with Gasteiger partial charge in [0.05, 0.1) is 16.5 Å². The zero-order valence-electron chi connectivity index (χ0n) is 18.3. The molecule has 0 radical (unpaired) electrons. The number of benzene rings is 2. The Kier molecular flexibility index (Phi) is 6.34. The highest BCUT2D eigenvalue weighted by Crippen LogP contribution is 2.33. The molecular weight excluding hydrogens is 505 g/mol. The number of hydrogen-bond acceptors (Lipinski definition) is 6. The zero-order chi connectivity index (χ0) is 22.9. The van der Waals surface area contributed by atoms with Crippen LogP contribution in [0.3, 0.4) is 0 Å². The molecule has 1 N–H and O–H groups in total. The van der Waals surface area contributed by atoms with Crippen LogP contribution in [-0.4, -0.2) is 45.6 Å². The number of fused-ring (bicyclic) bond motifs is 1. The normalized spacial score (nSPS) is 19.5. The fourth-order valence-corrected chi connectivity index (χ4v) is 6.15. The van der Waals surface area contributed by atoms with E-state index in [-0.39, 0.29) is 5.82 Å². The molecule has 2 aliphatic rings. The van der Waals surface area contributed by atoms with Crippen LogP contribution < -0.4 is 15.1 Å². The molecule has 3 heterocycles. The zero-order valence-corrected chi connectivity index (χ0v) is 20.7. The van der Waals surface area contributed by atoms with Crippen LogP contribution in [0.25, 0.3) is 0 Å². The van der Waals surface area contributed by atoms with E-state index in [2.05, 4.69) is 62.2 Å². The molecule has 33 heavy (non-hydrogen) atoms. The Bertz CT molecular complexity index is 1190. The first-order valence-electron chi connectivity index (χ1n) is 11.1. The largest absolute Gasteiger partial charge is 0.367 e. The number of likely N-dealkylation sites (N-methyl/N-ethyl adjacent to an activating group) is 1. The van der Waals surface area contributed by atoms with Crippen LogP contribution in [0.4, 0.5) is 27.5 Å². The average molecular weight is 530 g/mol. The van der Waals surface area contributed by atoms with Crippen molar-refractivity contribution in [3.05, 3.63) is 64.5 Å². The van der Waals surface area contributed by atoms with Gasteiger partial charge in [-0.1, -0.05) is 22.0 Å². The van der Waals surface area contributed by atoms with Gasteiger partial charge in [-0.05, 0) is 55.8 Å². The van der Waals surface area contributed by atoms with Gasteiger partial charge >= 0.3 is 0 Å². The van der Waals surface area contributed by atoms with Gasteiger partial charge in [-0.15, -0.1) is 0 Å². The van der Waals surface area contributed by atoms with Gasteiger partial charge < -0.3 is 15.1 Å². The van der Waals surface area contributed by atoms with Crippen LogP contribution in [0.1, 0.15) is 19.0 Å². The Labute approximate surface area is 203 Å². The molecule has 3 aromatic rings. The topological polar surface area (TPSA) is 61.4 Å². The molecule has 6 nitrogen and oxygen atoms in total. The molecule has 2 atom stereocenters. The predicted molar refractivity (Wildman–Crippen MR) is 134 cm³/mol. The highest BCUT2D eigenvalue weighted by atomic mass is 79.9. The van der Waals surface area contributed by atoms with Crippen LogP contribution in [0.2, 0.25) is 0 Å². The highest BCUT2D eigenvalue weighted by molar-refractivity contribution is 9.10. The lowest BCUT2D eigenvalue weighted by Gasteiger charge is -2.30. The predicted octanol–water partition coefficient (Wildman–Crippen LogP) is 4.89. The van der Waals surface area contributed by atoms with Crippen LogP contribution in [0.5, 0.6) is 0 Å². The summed E-state index contributed by atoms with van der Waals surface area (Å²) in [6.07, 6.45) is 1.66. The second-order valence-electron chi connectivity index (χ2n) is 8.23. The van der Waals surface area contributed by atoms with Crippen LogP contribution in [0, 0.1) is 5.82 Å². The third-order valence-corrected chi connectivity index (χ3v) is 8.14. The van der Waals surface area contributed by atoms with Crippen molar-refractivity contribution in [3.63, 3.8) is 0 Å². The fraction of sp³-hybridized carbons (Fsp3) is 0.333. The van der Waals surface area contributed by atoms with E-state index in [1.165, 1.54) is 17.8 Å². The summed E-state index contributed by atoms with van der Waals surface area (Å²) in [4.78, 5) is 14.8. The maximum atomic E-state index is 13.7. The summed E-state index contributed by atoms with van der Waals surface area (Å²) < 4.78 is 27.4. The summed E-state index contributed by atoms with van der Waals surface area (Å²) in [7, 11) is -1.15. The van der Waals surface area contributed by atoms with E-state index in [1.807, 2.05) is 0 Å². The van der Waals surface area contributed by atoms with Gasteiger partial charge in [-0.25, -0.2) is 9.37 Å². The molecule has 172 valence electrons. The average Bonchev–Trinajstić information content (AvgIpc) is 3.43. The molecule has 1 fully saturated rings. The van der Waals surface area contributed by atoms with E-state index in [9.17, 15) is 8.60 Å². The standard InChI is InChI=1S/C24H25BrFN5OS/c1-2-31(19-8-6-16(25)7-9-19)20-10-12-30(15-20)24-28-21-11-13-33(32)22(21)23(29-24)27-18-5-3-4-17(26)14-18/h3-9,14,20H,2,10-13,15H2,1H3,(H,27,28,29). The Balaban J connectivity index is 1.41. The van der Waals surface area contributed by atoms with Crippen molar-refractivity contribution in [1.82, 2.24) is 9.97 Å². The first-order chi connectivity index (χ1) is 16.0. The minimum Gasteiger partial charge on any atom is -0.367 e. The molecule has 2 unspecified atom stereocenters. The van der Waals surface area contributed by atoms with Gasteiger partial charge in [0.2, 0.25) is 5.95 Å². The van der Waals surface area contributed by atoms with E-state index in [1.54, 1.807) is 12.1 Å². The maximum Gasteiger partial charge on any atom is 0.227 e. The lowest BCUT2D eigenvalue weighted by Crippen LogP contribution is -2.38. The number of anilines is 4. The smallest absolute Gasteiger partial charge is 0.227 e. The second-order valence-corrected chi connectivity index (χ2v) is 10.7. The summed E-state index contributed by atoms with van der Waals surface area (Å²) in [5.41, 5.74) is 2.60. The molecule has 2 aliphatic heterocycles. The second kappa shape index (κ2) is 9.38. The van der Waals surface area contributed by atoms with Crippen LogP contribution >= 0.6 is 15.9 Å². The molecule has 5 rings (SSSR count). The number of hydrogen-bond donors (Lipinski definition) is 1. The van der Waals surface area contributed by atoms with Crippen molar-refractivity contribution in [2.45, 2.75) is 30.7 Å². The van der Waals surface area contributed by atoms with Crippen molar-refractivity contribution >= 4 is 49.9 Å². The Morgan fingerprint density at radius 1 is 1.24 bits per heavy atom. The minimum absolute atomic E-state index is 0.331. The van der Waals surface area contributed by atoms with Crippen molar-refractivity contribution in [2.75, 3.05) is 40.5 Å². The fourth-order valence-electron chi connectivity index (χ4n) is 4.58. The van der Waals surface area contributed by atoms with E-state index >= 15 is 0 Å². The van der Waals surface area contributed by atoms with Gasteiger partial charge in [-0.3, -0.25) is 4.21 Å². The first-order valence-corrected chi connectivity index (χ1v) is 13.2. The Morgan fingerprint density at radius 3 is 2.82 bits per heavy atom. The lowest BCUT2D eigenvalue weighted by molar-refractivity contribution is 0.628. The first kappa shape index (κ1) is 22.3. The quantitative estimate of drug-likeness (QED) is 0.490. The minimum atomic E-state index is -1.15. The molecule has 9 heteroatoms. The van der Waals surface area contributed by atoms with Crippen molar-refractivity contribution in [2.24, 2.45) is 0 Å². The molecule has 1 aromatic heterocycles. The SMILES string of the molecule is CCN(c1ccc(Br)cc1)C1CCN(c2nc3c(c(Nc4cccc(F)c4)n2)S(=O)CC3)C1. The number of aryl methyl sites for hydroxylation is 1. The summed E-state index contributed by atoms with van der Waals surface area (Å²) in [5, 5.41) is 3.19. The Hall–Kier alpha value is -2.52. The van der Waals surface area contributed by atoms with Gasteiger partial charge in [0.1, 0.15) is 10.7 Å². The maximum absolute atomic E-state index is 13.7.